The minimum absolute atomic E-state index is 0.0826. The van der Waals surface area contributed by atoms with Gasteiger partial charge < -0.3 is 20.3 Å². The van der Waals surface area contributed by atoms with Crippen LogP contribution in [0.2, 0.25) is 0 Å². The first-order chi connectivity index (χ1) is 14.0. The molecule has 0 unspecified atom stereocenters. The van der Waals surface area contributed by atoms with Gasteiger partial charge in [0.05, 0.1) is 18.8 Å². The number of carbonyl (C=O) groups is 2. The van der Waals surface area contributed by atoms with E-state index >= 15 is 0 Å². The summed E-state index contributed by atoms with van der Waals surface area (Å²) in [5, 5.41) is 5.48. The van der Waals surface area contributed by atoms with Gasteiger partial charge in [-0.15, -0.1) is 0 Å². The topological polar surface area (TPSA) is 70.7 Å². The molecule has 1 atom stereocenters. The first-order valence-corrected chi connectivity index (χ1v) is 9.74. The third kappa shape index (κ3) is 5.32. The van der Waals surface area contributed by atoms with Crippen molar-refractivity contribution >= 4 is 23.2 Å². The molecule has 1 fully saturated rings. The zero-order valence-corrected chi connectivity index (χ0v) is 16.7. The summed E-state index contributed by atoms with van der Waals surface area (Å²) in [5.41, 5.74) is 1.62. The molecule has 0 saturated carbocycles. The minimum atomic E-state index is -0.791. The lowest BCUT2D eigenvalue weighted by molar-refractivity contribution is -0.118. The van der Waals surface area contributed by atoms with Gasteiger partial charge in [-0.1, -0.05) is 26.0 Å². The first-order valence-electron chi connectivity index (χ1n) is 9.74. The summed E-state index contributed by atoms with van der Waals surface area (Å²) >= 11 is 0. The Morgan fingerprint density at radius 3 is 2.31 bits per heavy atom. The van der Waals surface area contributed by atoms with Crippen molar-refractivity contribution in [3.8, 4) is 0 Å². The van der Waals surface area contributed by atoms with E-state index in [1.807, 2.05) is 38.1 Å². The number of halogens is 1. The van der Waals surface area contributed by atoms with E-state index in [0.717, 1.165) is 18.8 Å². The van der Waals surface area contributed by atoms with Crippen molar-refractivity contribution in [2.24, 2.45) is 5.92 Å². The number of morpholine rings is 1. The highest BCUT2D eigenvalue weighted by molar-refractivity contribution is 6.01. The van der Waals surface area contributed by atoms with Gasteiger partial charge in [-0.2, -0.15) is 0 Å². The molecule has 154 valence electrons. The van der Waals surface area contributed by atoms with Crippen LogP contribution in [-0.4, -0.2) is 44.2 Å². The fourth-order valence-corrected chi connectivity index (χ4v) is 3.20. The Bertz CT molecular complexity index is 849. The van der Waals surface area contributed by atoms with E-state index in [0.29, 0.717) is 18.9 Å². The van der Waals surface area contributed by atoms with Crippen LogP contribution in [-0.2, 0) is 9.53 Å². The number of nitrogens with zero attached hydrogens (tertiary/aromatic N) is 1. The summed E-state index contributed by atoms with van der Waals surface area (Å²) in [5.74, 6) is -1.74. The van der Waals surface area contributed by atoms with Crippen LogP contribution < -0.4 is 15.5 Å². The van der Waals surface area contributed by atoms with Crippen LogP contribution in [0.3, 0.4) is 0 Å². The molecule has 1 aliphatic heterocycles. The van der Waals surface area contributed by atoms with Gasteiger partial charge in [0.1, 0.15) is 11.9 Å². The van der Waals surface area contributed by atoms with Crippen molar-refractivity contribution in [1.82, 2.24) is 5.32 Å². The molecule has 0 radical (unpaired) electrons. The molecular formula is C22H26FN3O3. The van der Waals surface area contributed by atoms with Crippen LogP contribution in [0.25, 0.3) is 0 Å². The highest BCUT2D eigenvalue weighted by Gasteiger charge is 2.26. The molecule has 2 aromatic rings. The summed E-state index contributed by atoms with van der Waals surface area (Å²) in [6, 6.07) is 12.5. The van der Waals surface area contributed by atoms with Crippen LogP contribution in [0.15, 0.2) is 48.5 Å². The van der Waals surface area contributed by atoms with Crippen molar-refractivity contribution in [2.75, 3.05) is 36.5 Å². The molecule has 1 heterocycles. The third-order valence-electron chi connectivity index (χ3n) is 4.87. The summed E-state index contributed by atoms with van der Waals surface area (Å²) < 4.78 is 19.2. The second-order valence-corrected chi connectivity index (χ2v) is 7.31. The third-order valence-corrected chi connectivity index (χ3v) is 4.87. The summed E-state index contributed by atoms with van der Waals surface area (Å²) in [4.78, 5) is 27.4. The van der Waals surface area contributed by atoms with Gasteiger partial charge in [0.15, 0.2) is 0 Å². The quantitative estimate of drug-likeness (QED) is 0.783. The molecule has 0 spiro atoms. The Morgan fingerprint density at radius 2 is 1.69 bits per heavy atom. The van der Waals surface area contributed by atoms with Crippen LogP contribution in [0, 0.1) is 11.7 Å². The van der Waals surface area contributed by atoms with E-state index in [9.17, 15) is 14.0 Å². The Morgan fingerprint density at radius 1 is 1.03 bits per heavy atom. The normalized spacial score (nSPS) is 15.1. The monoisotopic (exact) mass is 399 g/mol. The Kier molecular flexibility index (Phi) is 6.82. The maximum absolute atomic E-state index is 13.9. The van der Waals surface area contributed by atoms with Crippen LogP contribution in [0.1, 0.15) is 24.2 Å². The zero-order chi connectivity index (χ0) is 20.8. The van der Waals surface area contributed by atoms with E-state index in [1.54, 1.807) is 6.07 Å². The second kappa shape index (κ2) is 9.52. The number of hydrogen-bond acceptors (Lipinski definition) is 4. The van der Waals surface area contributed by atoms with Gasteiger partial charge in [0.2, 0.25) is 5.91 Å². The molecule has 6 nitrogen and oxygen atoms in total. The van der Waals surface area contributed by atoms with E-state index in [4.69, 9.17) is 4.74 Å². The van der Waals surface area contributed by atoms with Crippen molar-refractivity contribution in [3.63, 3.8) is 0 Å². The molecule has 2 amide bonds. The zero-order valence-electron chi connectivity index (χ0n) is 16.7. The van der Waals surface area contributed by atoms with Crippen molar-refractivity contribution < 1.29 is 18.7 Å². The van der Waals surface area contributed by atoms with Crippen molar-refractivity contribution in [2.45, 2.75) is 19.9 Å². The lowest BCUT2D eigenvalue weighted by Gasteiger charge is -2.29. The number of anilines is 2. The largest absolute Gasteiger partial charge is 0.378 e. The fourth-order valence-electron chi connectivity index (χ4n) is 3.20. The van der Waals surface area contributed by atoms with E-state index in [-0.39, 0.29) is 17.4 Å². The summed E-state index contributed by atoms with van der Waals surface area (Å²) in [7, 11) is 0. The Labute approximate surface area is 170 Å². The molecule has 2 N–H and O–H groups in total. The highest BCUT2D eigenvalue weighted by Crippen LogP contribution is 2.19. The molecular weight excluding hydrogens is 373 g/mol. The van der Waals surface area contributed by atoms with E-state index < -0.39 is 17.8 Å². The Hall–Kier alpha value is -2.93. The number of ether oxygens (including phenoxy) is 1. The molecule has 2 aromatic carbocycles. The van der Waals surface area contributed by atoms with Gasteiger partial charge in [0, 0.05) is 24.5 Å². The minimum Gasteiger partial charge on any atom is -0.378 e. The van der Waals surface area contributed by atoms with E-state index in [1.165, 1.54) is 18.2 Å². The standard InChI is InChI=1S/C22H26FN3O3/c1-15(2)20(25-21(27)18-5-3-4-6-19(18)23)22(28)24-16-7-9-17(10-8-16)26-11-13-29-14-12-26/h3-10,15,20H,11-14H2,1-2H3,(H,24,28)(H,25,27)/t20-/m1/s1. The first kappa shape index (κ1) is 20.8. The van der Waals surface area contributed by atoms with Crippen LogP contribution in [0.4, 0.5) is 15.8 Å². The predicted molar refractivity (Wildman–Crippen MR) is 111 cm³/mol. The molecule has 3 rings (SSSR count). The molecule has 29 heavy (non-hydrogen) atoms. The van der Waals surface area contributed by atoms with E-state index in [2.05, 4.69) is 15.5 Å². The molecule has 1 saturated heterocycles. The maximum Gasteiger partial charge on any atom is 0.254 e. The highest BCUT2D eigenvalue weighted by atomic mass is 19.1. The number of amides is 2. The predicted octanol–water partition coefficient (Wildman–Crippen LogP) is 3.06. The summed E-state index contributed by atoms with van der Waals surface area (Å²) in [6.07, 6.45) is 0. The van der Waals surface area contributed by atoms with Crippen molar-refractivity contribution in [3.05, 3.63) is 59.9 Å². The van der Waals surface area contributed by atoms with Crippen LogP contribution >= 0.6 is 0 Å². The smallest absolute Gasteiger partial charge is 0.254 e. The SMILES string of the molecule is CC(C)[C@@H](NC(=O)c1ccccc1F)C(=O)Nc1ccc(N2CCOCC2)cc1. The lowest BCUT2D eigenvalue weighted by atomic mass is 10.0. The maximum atomic E-state index is 13.9. The van der Waals surface area contributed by atoms with Gasteiger partial charge in [-0.3, -0.25) is 9.59 Å². The summed E-state index contributed by atoms with van der Waals surface area (Å²) in [6.45, 7) is 6.74. The number of benzene rings is 2. The average molecular weight is 399 g/mol. The van der Waals surface area contributed by atoms with Gasteiger partial charge in [0.25, 0.3) is 5.91 Å². The Balaban J connectivity index is 1.65. The molecule has 7 heteroatoms. The number of rotatable bonds is 6. The van der Waals surface area contributed by atoms with Gasteiger partial charge in [-0.05, 0) is 42.3 Å². The molecule has 0 aromatic heterocycles. The van der Waals surface area contributed by atoms with Gasteiger partial charge >= 0.3 is 0 Å². The number of hydrogen-bond donors (Lipinski definition) is 2. The number of nitrogens with one attached hydrogen (secondary N) is 2. The van der Waals surface area contributed by atoms with Crippen molar-refractivity contribution in [1.29, 1.82) is 0 Å². The number of carbonyl (C=O) groups excluding carboxylic acids is 2. The van der Waals surface area contributed by atoms with Crippen LogP contribution in [0.5, 0.6) is 0 Å². The van der Waals surface area contributed by atoms with Gasteiger partial charge in [-0.25, -0.2) is 4.39 Å². The molecule has 0 aliphatic carbocycles. The molecule has 1 aliphatic rings. The molecule has 0 bridgehead atoms. The lowest BCUT2D eigenvalue weighted by Crippen LogP contribution is -2.47. The second-order valence-electron chi connectivity index (χ2n) is 7.31. The average Bonchev–Trinajstić information content (AvgIpc) is 2.73. The fraction of sp³-hybridized carbons (Fsp3) is 0.364.